The minimum absolute atomic E-state index is 0.0829. The molecule has 2 aromatic rings. The molecule has 0 atom stereocenters. The van der Waals surface area contributed by atoms with E-state index in [1.165, 1.54) is 11.1 Å². The zero-order valence-electron chi connectivity index (χ0n) is 20.9. The average Bonchev–Trinajstić information content (AvgIpc) is 3.15. The summed E-state index contributed by atoms with van der Waals surface area (Å²) >= 11 is 0. The van der Waals surface area contributed by atoms with Gasteiger partial charge in [-0.1, -0.05) is 26.7 Å². The predicted molar refractivity (Wildman–Crippen MR) is 137 cm³/mol. The summed E-state index contributed by atoms with van der Waals surface area (Å²) < 4.78 is 5.98. The molecule has 1 saturated heterocycles. The summed E-state index contributed by atoms with van der Waals surface area (Å²) in [6, 6.07) is 6.39. The molecular weight excluding hydrogens is 444 g/mol. The predicted octanol–water partition coefficient (Wildman–Crippen LogP) is 5.14. The van der Waals surface area contributed by atoms with Crippen molar-refractivity contribution in [3.8, 4) is 11.5 Å². The van der Waals surface area contributed by atoms with Crippen molar-refractivity contribution in [3.05, 3.63) is 48.1 Å². The molecule has 1 fully saturated rings. The minimum atomic E-state index is -0.445. The number of pyridine rings is 2. The lowest BCUT2D eigenvalue weighted by Gasteiger charge is -2.26. The van der Waals surface area contributed by atoms with E-state index < -0.39 is 11.4 Å². The number of nitrogens with zero attached hydrogens (tertiary/aromatic N) is 3. The van der Waals surface area contributed by atoms with Crippen molar-refractivity contribution in [1.82, 2.24) is 20.2 Å². The van der Waals surface area contributed by atoms with Gasteiger partial charge in [0.1, 0.15) is 17.3 Å². The van der Waals surface area contributed by atoms with E-state index in [-0.39, 0.29) is 5.91 Å². The summed E-state index contributed by atoms with van der Waals surface area (Å²) in [6.45, 7) is 6.35. The first-order valence-electron chi connectivity index (χ1n) is 12.0. The Balaban J connectivity index is 1.70. The Bertz CT molecular complexity index is 1110. The zero-order valence-corrected chi connectivity index (χ0v) is 20.9. The lowest BCUT2D eigenvalue weighted by Crippen LogP contribution is -2.40. The highest BCUT2D eigenvalue weighted by molar-refractivity contribution is 6.07. The maximum atomic E-state index is 13.1. The second-order valence-electron chi connectivity index (χ2n) is 8.71. The third-order valence-corrected chi connectivity index (χ3v) is 6.20. The van der Waals surface area contributed by atoms with E-state index in [9.17, 15) is 9.59 Å². The van der Waals surface area contributed by atoms with Gasteiger partial charge in [-0.15, -0.1) is 0 Å². The quantitative estimate of drug-likeness (QED) is 0.407. The van der Waals surface area contributed by atoms with Crippen molar-refractivity contribution in [2.45, 2.75) is 52.9 Å². The van der Waals surface area contributed by atoms with Crippen LogP contribution in [-0.2, 0) is 4.79 Å². The second kappa shape index (κ2) is 11.6. The Hall–Kier alpha value is -3.75. The molecule has 0 saturated carbocycles. The van der Waals surface area contributed by atoms with Crippen LogP contribution in [0.1, 0.15) is 57.3 Å². The summed E-state index contributed by atoms with van der Waals surface area (Å²) in [5.41, 5.74) is 1.37. The molecule has 3 amide bonds. The van der Waals surface area contributed by atoms with Gasteiger partial charge in [-0.05, 0) is 44.4 Å². The van der Waals surface area contributed by atoms with Crippen LogP contribution in [0.2, 0.25) is 0 Å². The van der Waals surface area contributed by atoms with Crippen molar-refractivity contribution < 1.29 is 14.3 Å². The van der Waals surface area contributed by atoms with Crippen molar-refractivity contribution in [3.63, 3.8) is 0 Å². The van der Waals surface area contributed by atoms with Gasteiger partial charge in [-0.25, -0.2) is 9.78 Å². The van der Waals surface area contributed by atoms with Gasteiger partial charge < -0.3 is 15.5 Å². The fourth-order valence-electron chi connectivity index (χ4n) is 4.57. The van der Waals surface area contributed by atoms with Gasteiger partial charge in [0.2, 0.25) is 5.91 Å². The molecule has 186 valence electrons. The molecule has 2 aromatic heterocycles. The van der Waals surface area contributed by atoms with Crippen molar-refractivity contribution in [2.24, 2.45) is 5.41 Å². The number of ether oxygens (including phenoxy) is 1. The van der Waals surface area contributed by atoms with Crippen LogP contribution in [0.4, 0.5) is 10.6 Å². The molecule has 3 heterocycles. The number of carbonyl (C=O) groups is 2. The summed E-state index contributed by atoms with van der Waals surface area (Å²) in [5, 5.41) is 13.2. The Morgan fingerprint density at radius 2 is 2.00 bits per heavy atom. The highest BCUT2D eigenvalue weighted by Crippen LogP contribution is 2.41. The molecule has 35 heavy (non-hydrogen) atoms. The van der Waals surface area contributed by atoms with Gasteiger partial charge in [0.15, 0.2) is 0 Å². The molecule has 3 N–H and O–H groups in total. The molecule has 9 heteroatoms. The SMILES string of the molecule is CCCC1(CCC)CCN(C(=O)Nc2ccc(Oc3ccnc(/C(C=N)=C/NC)c3)c(C)n2)C1=O. The molecule has 1 aliphatic heterocycles. The van der Waals surface area contributed by atoms with Crippen LogP contribution in [0.3, 0.4) is 0 Å². The summed E-state index contributed by atoms with van der Waals surface area (Å²) in [6.07, 6.45) is 8.64. The van der Waals surface area contributed by atoms with Gasteiger partial charge in [0, 0.05) is 43.8 Å². The first kappa shape index (κ1) is 25.9. The molecule has 1 aliphatic rings. The fourth-order valence-corrected chi connectivity index (χ4v) is 4.57. The molecule has 3 rings (SSSR count). The lowest BCUT2D eigenvalue weighted by atomic mass is 9.78. The highest BCUT2D eigenvalue weighted by atomic mass is 16.5. The molecule has 0 unspecified atom stereocenters. The Morgan fingerprint density at radius 3 is 2.63 bits per heavy atom. The third-order valence-electron chi connectivity index (χ3n) is 6.20. The number of hydrogen-bond donors (Lipinski definition) is 3. The number of hydrogen-bond acceptors (Lipinski definition) is 7. The van der Waals surface area contributed by atoms with E-state index in [4.69, 9.17) is 10.1 Å². The van der Waals surface area contributed by atoms with Crippen molar-refractivity contribution in [2.75, 3.05) is 18.9 Å². The molecule has 0 aliphatic carbocycles. The Morgan fingerprint density at radius 1 is 1.26 bits per heavy atom. The van der Waals surface area contributed by atoms with Crippen LogP contribution in [-0.4, -0.2) is 46.6 Å². The first-order valence-corrected chi connectivity index (χ1v) is 12.0. The number of imide groups is 1. The number of aromatic nitrogens is 2. The molecule has 0 aromatic carbocycles. The van der Waals surface area contributed by atoms with Gasteiger partial charge >= 0.3 is 6.03 Å². The summed E-state index contributed by atoms with van der Waals surface area (Å²) in [7, 11) is 1.76. The van der Waals surface area contributed by atoms with Gasteiger partial charge in [-0.2, -0.15) is 0 Å². The first-order chi connectivity index (χ1) is 16.9. The van der Waals surface area contributed by atoms with Gasteiger partial charge in [-0.3, -0.25) is 20.0 Å². The van der Waals surface area contributed by atoms with Crippen LogP contribution in [0, 0.1) is 17.7 Å². The maximum Gasteiger partial charge on any atom is 0.329 e. The highest BCUT2D eigenvalue weighted by Gasteiger charge is 2.47. The number of allylic oxidation sites excluding steroid dienone is 1. The Labute approximate surface area is 206 Å². The number of likely N-dealkylation sites (tertiary alicyclic amines) is 1. The smallest absolute Gasteiger partial charge is 0.329 e. The van der Waals surface area contributed by atoms with Gasteiger partial charge in [0.05, 0.1) is 16.8 Å². The summed E-state index contributed by atoms with van der Waals surface area (Å²) in [5.74, 6) is 1.35. The van der Waals surface area contributed by atoms with Crippen molar-refractivity contribution in [1.29, 1.82) is 5.41 Å². The largest absolute Gasteiger partial charge is 0.455 e. The molecule has 0 bridgehead atoms. The fraction of sp³-hybridized carbons (Fsp3) is 0.423. The zero-order chi connectivity index (χ0) is 25.4. The van der Waals surface area contributed by atoms with Crippen molar-refractivity contribution >= 4 is 29.5 Å². The van der Waals surface area contributed by atoms with E-state index in [1.807, 2.05) is 0 Å². The number of carbonyl (C=O) groups excluding carboxylic acids is 2. The van der Waals surface area contributed by atoms with E-state index in [2.05, 4.69) is 34.4 Å². The summed E-state index contributed by atoms with van der Waals surface area (Å²) in [4.78, 5) is 36.0. The van der Waals surface area contributed by atoms with E-state index in [0.717, 1.165) is 25.7 Å². The Kier molecular flexibility index (Phi) is 8.57. The topological polar surface area (TPSA) is 120 Å². The second-order valence-corrected chi connectivity index (χ2v) is 8.71. The average molecular weight is 479 g/mol. The molecule has 0 spiro atoms. The number of anilines is 1. The third kappa shape index (κ3) is 5.85. The number of urea groups is 1. The number of aryl methyl sites for hydroxylation is 1. The monoisotopic (exact) mass is 478 g/mol. The number of amides is 3. The van der Waals surface area contributed by atoms with Gasteiger partial charge in [0.25, 0.3) is 0 Å². The van der Waals surface area contributed by atoms with Crippen LogP contribution in [0.25, 0.3) is 5.57 Å². The molecule has 9 nitrogen and oxygen atoms in total. The minimum Gasteiger partial charge on any atom is -0.455 e. The van der Waals surface area contributed by atoms with E-state index >= 15 is 0 Å². The normalized spacial score (nSPS) is 15.1. The van der Waals surface area contributed by atoms with Crippen LogP contribution in [0.5, 0.6) is 11.5 Å². The lowest BCUT2D eigenvalue weighted by molar-refractivity contribution is -0.134. The van der Waals surface area contributed by atoms with E-state index in [1.54, 1.807) is 50.6 Å². The van der Waals surface area contributed by atoms with Crippen LogP contribution in [0.15, 0.2) is 36.7 Å². The molecular formula is C26H34N6O3. The van der Waals surface area contributed by atoms with Crippen LogP contribution >= 0.6 is 0 Å². The number of nitrogens with one attached hydrogen (secondary N) is 3. The maximum absolute atomic E-state index is 13.1. The molecule has 0 radical (unpaired) electrons. The standard InChI is InChI=1S/C26H34N6O3/c1-5-10-26(11-6-2)12-14-32(24(26)33)25(34)31-23-8-7-22(18(3)30-23)35-20-9-13-29-21(15-20)19(16-27)17-28-4/h7-9,13,15-17,27-28H,5-6,10-12,14H2,1-4H3,(H,30,31,34)/b19-17+,27-16?. The van der Waals surface area contributed by atoms with E-state index in [0.29, 0.717) is 47.2 Å². The van der Waals surface area contributed by atoms with Crippen LogP contribution < -0.4 is 15.4 Å². The number of rotatable bonds is 10.